The van der Waals surface area contributed by atoms with Crippen molar-refractivity contribution in [2.75, 3.05) is 0 Å². The number of benzene rings is 1. The van der Waals surface area contributed by atoms with Gasteiger partial charge in [-0.3, -0.25) is 4.79 Å². The summed E-state index contributed by atoms with van der Waals surface area (Å²) in [6.07, 6.45) is 2.62. The molecule has 0 spiro atoms. The first-order valence-corrected chi connectivity index (χ1v) is 5.78. The zero-order valence-electron chi connectivity index (χ0n) is 10.4. The third kappa shape index (κ3) is 2.74. The van der Waals surface area contributed by atoms with Crippen LogP contribution < -0.4 is 4.74 Å². The molecule has 0 saturated carbocycles. The second kappa shape index (κ2) is 5.44. The standard InChI is InChI=1S/C13H15N3O2/c1-10(2)16-7-12(14-15-16)9-18-13-6-4-3-5-11(13)8-17/h3-8,10H,9H2,1-2H3. The average Bonchev–Trinajstić information content (AvgIpc) is 2.85. The largest absolute Gasteiger partial charge is 0.486 e. The molecule has 0 amide bonds. The van der Waals surface area contributed by atoms with Gasteiger partial charge in [-0.15, -0.1) is 5.10 Å². The minimum atomic E-state index is 0.272. The maximum atomic E-state index is 10.8. The van der Waals surface area contributed by atoms with Crippen LogP contribution in [0.4, 0.5) is 0 Å². The van der Waals surface area contributed by atoms with E-state index in [0.29, 0.717) is 17.9 Å². The SMILES string of the molecule is CC(C)n1cc(COc2ccccc2C=O)nn1. The lowest BCUT2D eigenvalue weighted by atomic mass is 10.2. The Morgan fingerprint density at radius 3 is 2.83 bits per heavy atom. The summed E-state index contributed by atoms with van der Waals surface area (Å²) in [6, 6.07) is 7.37. The van der Waals surface area contributed by atoms with E-state index < -0.39 is 0 Å². The van der Waals surface area contributed by atoms with Gasteiger partial charge in [0.25, 0.3) is 0 Å². The molecule has 0 aliphatic heterocycles. The molecule has 0 unspecified atom stereocenters. The van der Waals surface area contributed by atoms with Crippen LogP contribution in [-0.4, -0.2) is 21.3 Å². The number of carbonyl (C=O) groups is 1. The van der Waals surface area contributed by atoms with Gasteiger partial charge in [0.2, 0.25) is 0 Å². The highest BCUT2D eigenvalue weighted by molar-refractivity contribution is 5.79. The molecule has 0 aliphatic rings. The van der Waals surface area contributed by atoms with Crippen molar-refractivity contribution in [3.05, 3.63) is 41.7 Å². The predicted molar refractivity (Wildman–Crippen MR) is 66.6 cm³/mol. The van der Waals surface area contributed by atoms with Crippen LogP contribution >= 0.6 is 0 Å². The number of aromatic nitrogens is 3. The van der Waals surface area contributed by atoms with Crippen LogP contribution in [0.25, 0.3) is 0 Å². The van der Waals surface area contributed by atoms with E-state index in [1.807, 2.05) is 26.1 Å². The molecule has 0 radical (unpaired) electrons. The molecule has 1 aromatic heterocycles. The minimum absolute atomic E-state index is 0.272. The summed E-state index contributed by atoms with van der Waals surface area (Å²) < 4.78 is 7.33. The second-order valence-electron chi connectivity index (χ2n) is 4.23. The fourth-order valence-electron chi connectivity index (χ4n) is 1.49. The quantitative estimate of drug-likeness (QED) is 0.758. The van der Waals surface area contributed by atoms with Gasteiger partial charge in [-0.1, -0.05) is 17.3 Å². The third-order valence-corrected chi connectivity index (χ3v) is 2.51. The Morgan fingerprint density at radius 2 is 2.17 bits per heavy atom. The molecular weight excluding hydrogens is 230 g/mol. The molecule has 0 atom stereocenters. The first-order chi connectivity index (χ1) is 8.70. The highest BCUT2D eigenvalue weighted by Crippen LogP contribution is 2.17. The molecule has 5 heteroatoms. The van der Waals surface area contributed by atoms with Gasteiger partial charge in [-0.25, -0.2) is 4.68 Å². The van der Waals surface area contributed by atoms with Crippen molar-refractivity contribution < 1.29 is 9.53 Å². The molecule has 1 heterocycles. The Hall–Kier alpha value is -2.17. The maximum Gasteiger partial charge on any atom is 0.153 e. The Bertz CT molecular complexity index is 535. The van der Waals surface area contributed by atoms with Crippen LogP contribution in [0.1, 0.15) is 35.9 Å². The summed E-state index contributed by atoms with van der Waals surface area (Å²) in [5.74, 6) is 0.562. The summed E-state index contributed by atoms with van der Waals surface area (Å²) in [4.78, 5) is 10.8. The number of rotatable bonds is 5. The number of ether oxygens (including phenoxy) is 1. The highest BCUT2D eigenvalue weighted by Gasteiger charge is 2.06. The monoisotopic (exact) mass is 245 g/mol. The Balaban J connectivity index is 2.04. The lowest BCUT2D eigenvalue weighted by molar-refractivity contribution is 0.111. The van der Waals surface area contributed by atoms with Crippen LogP contribution in [0.15, 0.2) is 30.5 Å². The first kappa shape index (κ1) is 12.3. The summed E-state index contributed by atoms with van der Waals surface area (Å²) in [6.45, 7) is 4.36. The van der Waals surface area contributed by atoms with Crippen molar-refractivity contribution in [3.8, 4) is 5.75 Å². The molecule has 2 rings (SSSR count). The first-order valence-electron chi connectivity index (χ1n) is 5.78. The van der Waals surface area contributed by atoms with Gasteiger partial charge in [0.15, 0.2) is 6.29 Å². The molecule has 0 fully saturated rings. The molecular formula is C13H15N3O2. The van der Waals surface area contributed by atoms with E-state index in [1.54, 1.807) is 22.9 Å². The number of hydrogen-bond acceptors (Lipinski definition) is 4. The van der Waals surface area contributed by atoms with Gasteiger partial charge < -0.3 is 4.74 Å². The molecule has 0 saturated heterocycles. The van der Waals surface area contributed by atoms with E-state index in [1.165, 1.54) is 0 Å². The van der Waals surface area contributed by atoms with Gasteiger partial charge in [0.1, 0.15) is 18.1 Å². The summed E-state index contributed by atoms with van der Waals surface area (Å²) in [7, 11) is 0. The normalized spacial score (nSPS) is 10.6. The lowest BCUT2D eigenvalue weighted by Crippen LogP contribution is -2.00. The van der Waals surface area contributed by atoms with Crippen molar-refractivity contribution in [2.45, 2.75) is 26.5 Å². The number of para-hydroxylation sites is 1. The molecule has 2 aromatic rings. The van der Waals surface area contributed by atoms with Crippen LogP contribution in [0.5, 0.6) is 5.75 Å². The maximum absolute atomic E-state index is 10.8. The second-order valence-corrected chi connectivity index (χ2v) is 4.23. The minimum Gasteiger partial charge on any atom is -0.486 e. The van der Waals surface area contributed by atoms with Gasteiger partial charge in [0, 0.05) is 6.04 Å². The molecule has 0 N–H and O–H groups in total. The summed E-state index contributed by atoms with van der Waals surface area (Å²) in [5, 5.41) is 8.00. The van der Waals surface area contributed by atoms with E-state index in [0.717, 1.165) is 12.0 Å². The van der Waals surface area contributed by atoms with Gasteiger partial charge in [-0.05, 0) is 26.0 Å². The molecule has 1 aromatic carbocycles. The molecule has 94 valence electrons. The smallest absolute Gasteiger partial charge is 0.153 e. The fraction of sp³-hybridized carbons (Fsp3) is 0.308. The number of nitrogens with zero attached hydrogens (tertiary/aromatic N) is 3. The van der Waals surface area contributed by atoms with Crippen molar-refractivity contribution in [2.24, 2.45) is 0 Å². The Kier molecular flexibility index (Phi) is 3.72. The van der Waals surface area contributed by atoms with Gasteiger partial charge in [-0.2, -0.15) is 0 Å². The highest BCUT2D eigenvalue weighted by atomic mass is 16.5. The topological polar surface area (TPSA) is 57.0 Å². The van der Waals surface area contributed by atoms with E-state index in [2.05, 4.69) is 10.3 Å². The van der Waals surface area contributed by atoms with Crippen LogP contribution in [0.2, 0.25) is 0 Å². The average molecular weight is 245 g/mol. The molecule has 18 heavy (non-hydrogen) atoms. The number of hydrogen-bond donors (Lipinski definition) is 0. The zero-order chi connectivity index (χ0) is 13.0. The molecule has 0 bridgehead atoms. The molecule has 0 aliphatic carbocycles. The predicted octanol–water partition coefficient (Wildman–Crippen LogP) is 2.25. The van der Waals surface area contributed by atoms with E-state index >= 15 is 0 Å². The van der Waals surface area contributed by atoms with E-state index in [9.17, 15) is 4.79 Å². The number of carbonyl (C=O) groups excluding carboxylic acids is 1. The van der Waals surface area contributed by atoms with Crippen LogP contribution in [0.3, 0.4) is 0 Å². The van der Waals surface area contributed by atoms with Crippen LogP contribution in [-0.2, 0) is 6.61 Å². The summed E-state index contributed by atoms with van der Waals surface area (Å²) >= 11 is 0. The van der Waals surface area contributed by atoms with Crippen molar-refractivity contribution in [1.82, 2.24) is 15.0 Å². The van der Waals surface area contributed by atoms with E-state index in [4.69, 9.17) is 4.74 Å². The lowest BCUT2D eigenvalue weighted by Gasteiger charge is -2.05. The van der Waals surface area contributed by atoms with Gasteiger partial charge >= 0.3 is 0 Å². The fourth-order valence-corrected chi connectivity index (χ4v) is 1.49. The molecule has 5 nitrogen and oxygen atoms in total. The number of aldehydes is 1. The Morgan fingerprint density at radius 1 is 1.39 bits per heavy atom. The van der Waals surface area contributed by atoms with Crippen molar-refractivity contribution in [1.29, 1.82) is 0 Å². The Labute approximate surface area is 105 Å². The van der Waals surface area contributed by atoms with Crippen molar-refractivity contribution >= 4 is 6.29 Å². The van der Waals surface area contributed by atoms with Crippen LogP contribution in [0, 0.1) is 0 Å². The van der Waals surface area contributed by atoms with Gasteiger partial charge in [0.05, 0.1) is 11.8 Å². The van der Waals surface area contributed by atoms with E-state index in [-0.39, 0.29) is 6.04 Å². The van der Waals surface area contributed by atoms with Crippen molar-refractivity contribution in [3.63, 3.8) is 0 Å². The zero-order valence-corrected chi connectivity index (χ0v) is 10.4. The summed E-state index contributed by atoms with van der Waals surface area (Å²) in [5.41, 5.74) is 1.28. The third-order valence-electron chi connectivity index (χ3n) is 2.51.